The van der Waals surface area contributed by atoms with E-state index in [-0.39, 0.29) is 11.3 Å². The van der Waals surface area contributed by atoms with E-state index < -0.39 is 11.6 Å². The Morgan fingerprint density at radius 1 is 0.964 bits per heavy atom. The van der Waals surface area contributed by atoms with Gasteiger partial charge in [-0.2, -0.15) is 4.39 Å². The van der Waals surface area contributed by atoms with Gasteiger partial charge in [0, 0.05) is 5.56 Å². The first kappa shape index (κ1) is 20.6. The molecular formula is C25H30F2O. The molecule has 0 N–H and O–H groups in total. The van der Waals surface area contributed by atoms with Crippen molar-refractivity contribution >= 4 is 0 Å². The van der Waals surface area contributed by atoms with E-state index in [1.807, 2.05) is 12.1 Å². The third-order valence-electron chi connectivity index (χ3n) is 5.86. The molecule has 0 aliphatic heterocycles. The number of benzene rings is 2. The highest BCUT2D eigenvalue weighted by molar-refractivity contribution is 5.65. The first-order valence-corrected chi connectivity index (χ1v) is 10.5. The van der Waals surface area contributed by atoms with E-state index >= 15 is 0 Å². The molecule has 0 atom stereocenters. The Labute approximate surface area is 167 Å². The minimum Gasteiger partial charge on any atom is -0.491 e. The average Bonchev–Trinajstić information content (AvgIpc) is 2.73. The molecule has 0 amide bonds. The summed E-state index contributed by atoms with van der Waals surface area (Å²) in [6.07, 6.45) is 11.9. The Balaban J connectivity index is 1.65. The van der Waals surface area contributed by atoms with E-state index in [9.17, 15) is 8.78 Å². The number of ether oxygens (including phenoxy) is 1. The van der Waals surface area contributed by atoms with Crippen LogP contribution in [0.5, 0.6) is 5.75 Å². The SMILES string of the molecule is C/C=C/CCC1CCC(c2ccc(-c3ccc(OCC)c(F)c3F)cc2)CC1. The van der Waals surface area contributed by atoms with Gasteiger partial charge in [0.1, 0.15) is 0 Å². The van der Waals surface area contributed by atoms with Gasteiger partial charge in [-0.05, 0) is 87.5 Å². The monoisotopic (exact) mass is 384 g/mol. The first-order chi connectivity index (χ1) is 13.6. The van der Waals surface area contributed by atoms with Crippen molar-refractivity contribution < 1.29 is 13.5 Å². The summed E-state index contributed by atoms with van der Waals surface area (Å²) in [6, 6.07) is 11.1. The standard InChI is InChI=1S/C25H30F2O/c1-3-5-6-7-18-8-10-19(11-9-18)20-12-14-21(15-13-20)22-16-17-23(28-4-2)25(27)24(22)26/h3,5,12-19H,4,6-11H2,1-2H3/b5-3+. The largest absolute Gasteiger partial charge is 0.491 e. The van der Waals surface area contributed by atoms with E-state index in [4.69, 9.17) is 4.74 Å². The van der Waals surface area contributed by atoms with Crippen LogP contribution in [-0.2, 0) is 0 Å². The van der Waals surface area contributed by atoms with Gasteiger partial charge in [-0.15, -0.1) is 0 Å². The fraction of sp³-hybridized carbons (Fsp3) is 0.440. The molecule has 150 valence electrons. The second-order valence-corrected chi connectivity index (χ2v) is 7.66. The average molecular weight is 385 g/mol. The molecule has 3 rings (SSSR count). The van der Waals surface area contributed by atoms with Gasteiger partial charge < -0.3 is 4.74 Å². The van der Waals surface area contributed by atoms with Gasteiger partial charge in [-0.25, -0.2) is 4.39 Å². The number of allylic oxidation sites excluding steroid dienone is 2. The Bertz CT molecular complexity index is 787. The molecule has 3 heteroatoms. The molecule has 28 heavy (non-hydrogen) atoms. The lowest BCUT2D eigenvalue weighted by atomic mass is 9.77. The van der Waals surface area contributed by atoms with Crippen molar-refractivity contribution in [2.24, 2.45) is 5.92 Å². The molecular weight excluding hydrogens is 354 g/mol. The van der Waals surface area contributed by atoms with Crippen LogP contribution in [0, 0.1) is 17.6 Å². The lowest BCUT2D eigenvalue weighted by Gasteiger charge is -2.28. The Morgan fingerprint density at radius 2 is 1.68 bits per heavy atom. The molecule has 2 aromatic carbocycles. The molecule has 0 radical (unpaired) electrons. The maximum absolute atomic E-state index is 14.4. The maximum atomic E-state index is 14.4. The number of hydrogen-bond acceptors (Lipinski definition) is 1. The summed E-state index contributed by atoms with van der Waals surface area (Å²) in [5.74, 6) is -0.381. The van der Waals surface area contributed by atoms with Crippen LogP contribution in [0.1, 0.15) is 63.9 Å². The summed E-state index contributed by atoms with van der Waals surface area (Å²) in [6.45, 7) is 4.13. The number of halogens is 2. The fourth-order valence-corrected chi connectivity index (χ4v) is 4.24. The molecule has 1 saturated carbocycles. The van der Waals surface area contributed by atoms with Crippen LogP contribution in [0.25, 0.3) is 11.1 Å². The quantitative estimate of drug-likeness (QED) is 0.445. The van der Waals surface area contributed by atoms with E-state index in [2.05, 4.69) is 31.2 Å². The topological polar surface area (TPSA) is 9.23 Å². The second-order valence-electron chi connectivity index (χ2n) is 7.66. The Kier molecular flexibility index (Phi) is 7.24. The van der Waals surface area contributed by atoms with Crippen molar-refractivity contribution in [2.45, 2.75) is 58.3 Å². The van der Waals surface area contributed by atoms with Crippen molar-refractivity contribution in [3.8, 4) is 16.9 Å². The van der Waals surface area contributed by atoms with Crippen LogP contribution in [0.4, 0.5) is 8.78 Å². The summed E-state index contributed by atoms with van der Waals surface area (Å²) in [7, 11) is 0. The van der Waals surface area contributed by atoms with Crippen LogP contribution in [0.3, 0.4) is 0 Å². The second kappa shape index (κ2) is 9.86. The van der Waals surface area contributed by atoms with Gasteiger partial charge in [-0.3, -0.25) is 0 Å². The minimum atomic E-state index is -0.917. The van der Waals surface area contributed by atoms with E-state index in [1.165, 1.54) is 50.2 Å². The Hall–Kier alpha value is -2.16. The number of hydrogen-bond donors (Lipinski definition) is 0. The van der Waals surface area contributed by atoms with Crippen LogP contribution in [0.2, 0.25) is 0 Å². The highest BCUT2D eigenvalue weighted by atomic mass is 19.2. The summed E-state index contributed by atoms with van der Waals surface area (Å²) in [4.78, 5) is 0. The predicted molar refractivity (Wildman–Crippen MR) is 112 cm³/mol. The van der Waals surface area contributed by atoms with Crippen LogP contribution >= 0.6 is 0 Å². The van der Waals surface area contributed by atoms with E-state index in [0.717, 1.165) is 5.92 Å². The lowest BCUT2D eigenvalue weighted by Crippen LogP contribution is -2.13. The van der Waals surface area contributed by atoms with Gasteiger partial charge in [-0.1, -0.05) is 36.4 Å². The molecule has 2 aromatic rings. The van der Waals surface area contributed by atoms with Gasteiger partial charge in [0.05, 0.1) is 6.61 Å². The first-order valence-electron chi connectivity index (χ1n) is 10.5. The smallest absolute Gasteiger partial charge is 0.201 e. The summed E-state index contributed by atoms with van der Waals surface area (Å²) < 4.78 is 33.7. The van der Waals surface area contributed by atoms with Crippen molar-refractivity contribution in [1.82, 2.24) is 0 Å². The predicted octanol–water partition coefficient (Wildman–Crippen LogP) is 7.66. The minimum absolute atomic E-state index is 0.0356. The van der Waals surface area contributed by atoms with Gasteiger partial charge >= 0.3 is 0 Å². The van der Waals surface area contributed by atoms with Crippen molar-refractivity contribution in [3.63, 3.8) is 0 Å². The molecule has 1 aliphatic carbocycles. The zero-order valence-electron chi connectivity index (χ0n) is 16.9. The van der Waals surface area contributed by atoms with E-state index in [0.29, 0.717) is 18.1 Å². The van der Waals surface area contributed by atoms with Crippen LogP contribution < -0.4 is 4.74 Å². The zero-order valence-corrected chi connectivity index (χ0v) is 16.9. The fourth-order valence-electron chi connectivity index (χ4n) is 4.24. The molecule has 0 saturated heterocycles. The normalized spacial score (nSPS) is 19.9. The molecule has 0 bridgehead atoms. The third-order valence-corrected chi connectivity index (χ3v) is 5.86. The lowest BCUT2D eigenvalue weighted by molar-refractivity contribution is 0.312. The van der Waals surface area contributed by atoms with Crippen LogP contribution in [-0.4, -0.2) is 6.61 Å². The summed E-state index contributed by atoms with van der Waals surface area (Å²) in [5.41, 5.74) is 2.28. The highest BCUT2D eigenvalue weighted by Gasteiger charge is 2.22. The molecule has 0 spiro atoms. The molecule has 0 aromatic heterocycles. The van der Waals surface area contributed by atoms with Gasteiger partial charge in [0.2, 0.25) is 5.82 Å². The highest BCUT2D eigenvalue weighted by Crippen LogP contribution is 2.38. The van der Waals surface area contributed by atoms with Gasteiger partial charge in [0.15, 0.2) is 11.6 Å². The Morgan fingerprint density at radius 3 is 2.32 bits per heavy atom. The summed E-state index contributed by atoms with van der Waals surface area (Å²) >= 11 is 0. The zero-order chi connectivity index (χ0) is 19.9. The molecule has 1 fully saturated rings. The summed E-state index contributed by atoms with van der Waals surface area (Å²) in [5, 5.41) is 0. The third kappa shape index (κ3) is 4.81. The number of rotatable bonds is 7. The van der Waals surface area contributed by atoms with Crippen LogP contribution in [0.15, 0.2) is 48.6 Å². The van der Waals surface area contributed by atoms with E-state index in [1.54, 1.807) is 13.0 Å². The molecule has 1 nitrogen and oxygen atoms in total. The maximum Gasteiger partial charge on any atom is 0.201 e. The van der Waals surface area contributed by atoms with Crippen molar-refractivity contribution in [3.05, 3.63) is 65.7 Å². The van der Waals surface area contributed by atoms with Crippen molar-refractivity contribution in [2.75, 3.05) is 6.61 Å². The van der Waals surface area contributed by atoms with Gasteiger partial charge in [0.25, 0.3) is 0 Å². The van der Waals surface area contributed by atoms with Crippen molar-refractivity contribution in [1.29, 1.82) is 0 Å². The molecule has 0 unspecified atom stereocenters. The molecule has 0 heterocycles. The molecule has 1 aliphatic rings.